The molecular weight excluding hydrogens is 897 g/mol. The van der Waals surface area contributed by atoms with Gasteiger partial charge in [0.1, 0.15) is 22.6 Å². The Morgan fingerprint density at radius 3 is 1.57 bits per heavy atom. The summed E-state index contributed by atoms with van der Waals surface area (Å²) in [5.74, 6) is -0.569. The van der Waals surface area contributed by atoms with Crippen LogP contribution in [0.5, 0.6) is 0 Å². The number of nitrogens with zero attached hydrogens (tertiary/aromatic N) is 8. The summed E-state index contributed by atoms with van der Waals surface area (Å²) in [5, 5.41) is 5.98. The van der Waals surface area contributed by atoms with Crippen molar-refractivity contribution in [3.63, 3.8) is 0 Å². The van der Waals surface area contributed by atoms with Gasteiger partial charge in [-0.25, -0.2) is 38.4 Å². The zero-order chi connectivity index (χ0) is 45.5. The number of aromatic nitrogens is 6. The van der Waals surface area contributed by atoms with Crippen LogP contribution < -0.4 is 33.6 Å². The minimum absolute atomic E-state index is 0. The lowest BCUT2D eigenvalue weighted by molar-refractivity contribution is 0.624. The molecule has 8 rings (SSSR count). The fourth-order valence-corrected chi connectivity index (χ4v) is 7.10. The van der Waals surface area contributed by atoms with Gasteiger partial charge in [-0.2, -0.15) is 0 Å². The fraction of sp³-hybridized carbons (Fsp3) is 0.130. The van der Waals surface area contributed by atoms with Crippen LogP contribution in [0.25, 0.3) is 42.6 Å². The van der Waals surface area contributed by atoms with Gasteiger partial charge in [0.15, 0.2) is 0 Å². The van der Waals surface area contributed by atoms with Crippen molar-refractivity contribution in [2.24, 2.45) is 5.73 Å². The normalized spacial score (nSPS) is 11.2. The first-order valence-electron chi connectivity index (χ1n) is 18.5. The van der Waals surface area contributed by atoms with E-state index in [0.29, 0.717) is 49.0 Å². The highest BCUT2D eigenvalue weighted by Gasteiger charge is 2.20. The van der Waals surface area contributed by atoms with Crippen molar-refractivity contribution in [2.75, 3.05) is 16.8 Å². The molecule has 7 N–H and O–H groups in total. The molecule has 0 fully saturated rings. The van der Waals surface area contributed by atoms with Crippen LogP contribution in [0.4, 0.5) is 37.9 Å². The lowest BCUT2D eigenvalue weighted by Gasteiger charge is -2.22. The number of nitrogens with two attached hydrogens (primary N) is 3. The van der Waals surface area contributed by atoms with E-state index < -0.39 is 17.7 Å². The summed E-state index contributed by atoms with van der Waals surface area (Å²) in [6.45, 7) is 17.5. The van der Waals surface area contributed by atoms with Crippen molar-refractivity contribution in [3.8, 4) is 11.4 Å². The predicted molar refractivity (Wildman–Crippen MR) is 258 cm³/mol. The molecule has 0 spiro atoms. The number of rotatable bonds is 6. The fourth-order valence-electron chi connectivity index (χ4n) is 6.39. The zero-order valence-electron chi connectivity index (χ0n) is 33.1. The molecule has 4 aromatic heterocycles. The van der Waals surface area contributed by atoms with Crippen molar-refractivity contribution in [3.05, 3.63) is 191 Å². The number of benzene rings is 4. The van der Waals surface area contributed by atoms with E-state index in [4.69, 9.17) is 65.1 Å². The Bertz CT molecular complexity index is 3240. The molecule has 0 aliphatic rings. The molecule has 0 amide bonds. The Hall–Kier alpha value is -7.47. The van der Waals surface area contributed by atoms with Crippen LogP contribution in [-0.2, 0) is 0 Å². The highest BCUT2D eigenvalue weighted by atomic mass is 35.5. The summed E-state index contributed by atoms with van der Waals surface area (Å²) in [5.41, 5.74) is 18.5. The number of halogens is 5. The molecule has 0 saturated heterocycles. The molecule has 0 bridgehead atoms. The minimum Gasteiger partial charge on any atom is -0.371 e. The first-order valence-corrected chi connectivity index (χ1v) is 19.6. The molecule has 8 aromatic rings. The Labute approximate surface area is 387 Å². The average molecular weight is 938 g/mol. The molecule has 0 saturated carbocycles. The maximum atomic E-state index is 14.0. The van der Waals surface area contributed by atoms with Crippen molar-refractivity contribution in [2.45, 2.75) is 40.8 Å². The lowest BCUT2D eigenvalue weighted by Crippen LogP contribution is -2.26. The lowest BCUT2D eigenvalue weighted by atomic mass is 10.1. The van der Waals surface area contributed by atoms with E-state index in [9.17, 15) is 18.4 Å². The summed E-state index contributed by atoms with van der Waals surface area (Å²) < 4.78 is 30.3. The monoisotopic (exact) mass is 936 g/mol. The van der Waals surface area contributed by atoms with Gasteiger partial charge in [0.2, 0.25) is 23.3 Å². The van der Waals surface area contributed by atoms with Gasteiger partial charge in [-0.3, -0.25) is 18.7 Å². The van der Waals surface area contributed by atoms with Gasteiger partial charge >= 0.3 is 0 Å². The summed E-state index contributed by atoms with van der Waals surface area (Å²) in [6.07, 6.45) is 2.61. The van der Waals surface area contributed by atoms with Crippen molar-refractivity contribution < 1.29 is 8.78 Å². The SMILES string of the molecule is C.C.C[C@H](N)c1cc2cccc(Cl)c2c(=O)n1-c1cccc(F)c1.[C-]#[N+]c1cnc(N)nc1Cl.[C-]#[N+]c1cnc(N)nc1N[C@@H](C)c1cc2cccc(Cl)c2c(=O)n1-c1cccc(F)c1. The van der Waals surface area contributed by atoms with Gasteiger partial charge in [0.05, 0.1) is 51.4 Å². The van der Waals surface area contributed by atoms with Crippen LogP contribution in [0.2, 0.25) is 15.2 Å². The first-order chi connectivity index (χ1) is 30.1. The van der Waals surface area contributed by atoms with Crippen LogP contribution in [-0.4, -0.2) is 29.1 Å². The van der Waals surface area contributed by atoms with Crippen LogP contribution in [0.3, 0.4) is 0 Å². The third-order valence-corrected chi connectivity index (χ3v) is 10.1. The molecule has 332 valence electrons. The molecule has 19 heteroatoms. The smallest absolute Gasteiger partial charge is 0.264 e. The zero-order valence-corrected chi connectivity index (χ0v) is 35.3. The van der Waals surface area contributed by atoms with E-state index in [2.05, 4.69) is 34.9 Å². The van der Waals surface area contributed by atoms with Gasteiger partial charge in [-0.05, 0) is 85.3 Å². The van der Waals surface area contributed by atoms with Crippen LogP contribution in [0.15, 0.2) is 119 Å². The number of pyridine rings is 2. The standard InChI is InChI=1S/C22H16ClFN6O.C17H14ClFN2O.C5H3ClN4.2CH4/c1-12(28-20-17(26-2)11-27-22(25)29-20)18-9-13-5-3-8-16(23)19(13)21(31)30(18)15-7-4-6-14(24)10-15;1-10(20)15-8-11-4-2-7-14(18)16(11)17(22)21(15)13-6-3-5-12(19)9-13;1-8-3-2-9-5(7)10-4(3)6;;/h3-12H,1H3,(H3,25,27,28,29);2-10H,20H2,1H3;2H,(H2,7,9,10);2*1H4/t12-;10-;;;/m00.../s1. The maximum absolute atomic E-state index is 14.0. The third kappa shape index (κ3) is 11.2. The molecular formula is C46H41Cl3F2N12O2. The predicted octanol–water partition coefficient (Wildman–Crippen LogP) is 11.2. The van der Waals surface area contributed by atoms with Gasteiger partial charge in [-0.15, -0.1) is 0 Å². The second kappa shape index (κ2) is 21.7. The average Bonchev–Trinajstić information content (AvgIpc) is 3.24. The number of nitrogen functional groups attached to an aromatic ring is 2. The van der Waals surface area contributed by atoms with Crippen molar-refractivity contribution in [1.29, 1.82) is 0 Å². The van der Waals surface area contributed by atoms with Crippen molar-refractivity contribution in [1.82, 2.24) is 29.1 Å². The first kappa shape index (κ1) is 50.2. The topological polar surface area (TPSA) is 194 Å². The summed E-state index contributed by atoms with van der Waals surface area (Å²) >= 11 is 18.0. The van der Waals surface area contributed by atoms with Gasteiger partial charge in [0.25, 0.3) is 11.1 Å². The van der Waals surface area contributed by atoms with Gasteiger partial charge < -0.3 is 22.5 Å². The molecule has 0 aliphatic heterocycles. The second-order valence-electron chi connectivity index (χ2n) is 13.5. The van der Waals surface area contributed by atoms with Crippen LogP contribution in [0.1, 0.15) is 52.2 Å². The minimum atomic E-state index is -0.505. The van der Waals surface area contributed by atoms with E-state index in [1.54, 1.807) is 68.4 Å². The van der Waals surface area contributed by atoms with Crippen molar-refractivity contribution >= 4 is 85.4 Å². The van der Waals surface area contributed by atoms with E-state index in [-0.39, 0.29) is 66.3 Å². The number of nitrogens with one attached hydrogen (secondary N) is 1. The number of anilines is 3. The molecule has 0 aliphatic carbocycles. The van der Waals surface area contributed by atoms with E-state index in [0.717, 1.165) is 5.39 Å². The Morgan fingerprint density at radius 1 is 0.662 bits per heavy atom. The molecule has 65 heavy (non-hydrogen) atoms. The third-order valence-electron chi connectivity index (χ3n) is 9.22. The summed E-state index contributed by atoms with van der Waals surface area (Å²) in [4.78, 5) is 47.9. The molecule has 4 heterocycles. The highest BCUT2D eigenvalue weighted by Crippen LogP contribution is 2.31. The molecule has 14 nitrogen and oxygen atoms in total. The van der Waals surface area contributed by atoms with Gasteiger partial charge in [-0.1, -0.05) is 86.1 Å². The largest absolute Gasteiger partial charge is 0.371 e. The van der Waals surface area contributed by atoms with Crippen LogP contribution >= 0.6 is 34.8 Å². The summed E-state index contributed by atoms with van der Waals surface area (Å²) in [7, 11) is 0. The maximum Gasteiger partial charge on any atom is 0.264 e. The molecule has 0 radical (unpaired) electrons. The second-order valence-corrected chi connectivity index (χ2v) is 14.7. The Kier molecular flexibility index (Phi) is 16.8. The van der Waals surface area contributed by atoms with E-state index >= 15 is 0 Å². The van der Waals surface area contributed by atoms with Gasteiger partial charge in [0, 0.05) is 29.8 Å². The summed E-state index contributed by atoms with van der Waals surface area (Å²) in [6, 6.07) is 24.7. The highest BCUT2D eigenvalue weighted by molar-refractivity contribution is 6.36. The van der Waals surface area contributed by atoms with E-state index in [1.165, 1.54) is 51.9 Å². The number of fused-ring (bicyclic) bond motifs is 2. The molecule has 4 aromatic carbocycles. The van der Waals surface area contributed by atoms with Crippen LogP contribution in [0, 0.1) is 24.8 Å². The van der Waals surface area contributed by atoms with E-state index in [1.807, 2.05) is 12.1 Å². The molecule has 2 atom stereocenters. The Morgan fingerprint density at radius 2 is 1.11 bits per heavy atom. The quantitative estimate of drug-likeness (QED) is 0.0920. The number of hydrogen-bond acceptors (Lipinski definition) is 10. The molecule has 0 unspecified atom stereocenters. The number of hydrogen-bond donors (Lipinski definition) is 4. The Balaban J connectivity index is 0.000000237.